The number of benzene rings is 3. The van der Waals surface area contributed by atoms with Gasteiger partial charge in [0.05, 0.1) is 0 Å². The van der Waals surface area contributed by atoms with Crippen LogP contribution in [0.2, 0.25) is 0 Å². The molecule has 3 aromatic carbocycles. The molecular weight excluding hydrogens is 344 g/mol. The first-order valence-electron chi connectivity index (χ1n) is 9.68. The molecule has 0 aliphatic carbocycles. The van der Waals surface area contributed by atoms with Crippen molar-refractivity contribution in [2.24, 2.45) is 5.41 Å². The van der Waals surface area contributed by atoms with E-state index >= 15 is 0 Å². The molecule has 3 aromatic rings. The molecule has 0 aliphatic heterocycles. The van der Waals surface area contributed by atoms with Crippen molar-refractivity contribution < 1.29 is 0 Å². The number of rotatable bonds is 7. The molecule has 27 heavy (non-hydrogen) atoms. The maximum absolute atomic E-state index is 2.41. The second-order valence-electron chi connectivity index (χ2n) is 8.16. The van der Waals surface area contributed by atoms with Gasteiger partial charge in [0, 0.05) is 11.2 Å². The lowest BCUT2D eigenvalue weighted by molar-refractivity contribution is 0.256. The fourth-order valence-electron chi connectivity index (χ4n) is 3.82. The van der Waals surface area contributed by atoms with Crippen LogP contribution in [0.3, 0.4) is 0 Å². The van der Waals surface area contributed by atoms with Gasteiger partial charge in [-0.2, -0.15) is 11.8 Å². The van der Waals surface area contributed by atoms with Crippen LogP contribution in [-0.4, -0.2) is 5.75 Å². The molecule has 0 radical (unpaired) electrons. The molecule has 0 saturated carbocycles. The summed E-state index contributed by atoms with van der Waals surface area (Å²) in [4.78, 5) is 0. The zero-order valence-electron chi connectivity index (χ0n) is 16.9. The lowest BCUT2D eigenvalue weighted by atomic mass is 9.60. The van der Waals surface area contributed by atoms with Crippen LogP contribution in [-0.2, 0) is 11.2 Å². The number of aryl methyl sites for hydroxylation is 1. The third-order valence-corrected chi connectivity index (χ3v) is 7.48. The van der Waals surface area contributed by atoms with Gasteiger partial charge in [0.25, 0.3) is 0 Å². The van der Waals surface area contributed by atoms with Gasteiger partial charge < -0.3 is 0 Å². The van der Waals surface area contributed by atoms with Crippen molar-refractivity contribution in [2.45, 2.75) is 38.9 Å². The molecule has 0 bridgehead atoms. The highest BCUT2D eigenvalue weighted by atomic mass is 32.2. The van der Waals surface area contributed by atoms with Gasteiger partial charge in [-0.25, -0.2) is 0 Å². The molecule has 0 nitrogen and oxygen atoms in total. The molecule has 0 aliphatic rings. The first kappa shape index (κ1) is 19.8. The Morgan fingerprint density at radius 1 is 0.667 bits per heavy atom. The van der Waals surface area contributed by atoms with Crippen molar-refractivity contribution >= 4 is 11.8 Å². The lowest BCUT2D eigenvalue weighted by Crippen LogP contribution is -2.42. The third-order valence-electron chi connectivity index (χ3n) is 6.04. The summed E-state index contributed by atoms with van der Waals surface area (Å²) in [5.74, 6) is 2.16. The van der Waals surface area contributed by atoms with Crippen LogP contribution in [0.25, 0.3) is 0 Å². The Hall–Kier alpha value is -1.99. The van der Waals surface area contributed by atoms with Crippen LogP contribution in [0, 0.1) is 12.3 Å². The van der Waals surface area contributed by atoms with Crippen molar-refractivity contribution in [1.82, 2.24) is 0 Å². The average Bonchev–Trinajstić information content (AvgIpc) is 2.70. The second-order valence-corrected chi connectivity index (χ2v) is 9.15. The van der Waals surface area contributed by atoms with E-state index in [1.807, 2.05) is 11.8 Å². The fourth-order valence-corrected chi connectivity index (χ4v) is 5.27. The summed E-state index contributed by atoms with van der Waals surface area (Å²) >= 11 is 2.04. The van der Waals surface area contributed by atoms with Crippen LogP contribution in [0.5, 0.6) is 0 Å². The largest absolute Gasteiger partial charge is 0.157 e. The summed E-state index contributed by atoms with van der Waals surface area (Å²) in [5, 5.41) is 0. The minimum absolute atomic E-state index is 0.0474. The number of hydrogen-bond donors (Lipinski definition) is 0. The minimum atomic E-state index is -0.0474. The van der Waals surface area contributed by atoms with Gasteiger partial charge in [-0.3, -0.25) is 0 Å². The molecule has 0 N–H and O–H groups in total. The van der Waals surface area contributed by atoms with Crippen LogP contribution in [0.15, 0.2) is 84.9 Å². The molecule has 0 atom stereocenters. The van der Waals surface area contributed by atoms with Gasteiger partial charge in [0.2, 0.25) is 0 Å². The van der Waals surface area contributed by atoms with Crippen molar-refractivity contribution in [3.63, 3.8) is 0 Å². The van der Waals surface area contributed by atoms with Crippen molar-refractivity contribution in [3.8, 4) is 0 Å². The second kappa shape index (κ2) is 8.35. The van der Waals surface area contributed by atoms with Gasteiger partial charge in [-0.15, -0.1) is 0 Å². The molecule has 3 rings (SSSR count). The molecular formula is C26H30S. The van der Waals surface area contributed by atoms with Crippen LogP contribution < -0.4 is 0 Å². The molecule has 0 saturated heterocycles. The Balaban J connectivity index is 1.88. The fraction of sp³-hybridized carbons (Fsp3) is 0.308. The number of thioether (sulfide) groups is 1. The van der Waals surface area contributed by atoms with E-state index < -0.39 is 0 Å². The maximum Gasteiger partial charge on any atom is 0.0233 e. The van der Waals surface area contributed by atoms with Gasteiger partial charge in [0.1, 0.15) is 0 Å². The first-order chi connectivity index (χ1) is 12.9. The highest BCUT2D eigenvalue weighted by molar-refractivity contribution is 7.98. The molecule has 0 heterocycles. The van der Waals surface area contributed by atoms with Gasteiger partial charge in [0.15, 0.2) is 0 Å². The lowest BCUT2D eigenvalue weighted by Gasteiger charge is -2.45. The highest BCUT2D eigenvalue weighted by Gasteiger charge is 2.43. The molecule has 0 amide bonds. The molecule has 0 unspecified atom stereocenters. The molecule has 0 aromatic heterocycles. The van der Waals surface area contributed by atoms with E-state index in [0.717, 1.165) is 11.5 Å². The zero-order valence-corrected chi connectivity index (χ0v) is 17.7. The summed E-state index contributed by atoms with van der Waals surface area (Å²) in [6.45, 7) is 9.45. The van der Waals surface area contributed by atoms with Crippen molar-refractivity contribution in [2.75, 3.05) is 5.75 Å². The van der Waals surface area contributed by atoms with Crippen LogP contribution >= 0.6 is 11.8 Å². The minimum Gasteiger partial charge on any atom is -0.157 e. The van der Waals surface area contributed by atoms with Crippen molar-refractivity contribution in [3.05, 3.63) is 107 Å². The van der Waals surface area contributed by atoms with Gasteiger partial charge in [-0.05, 0) is 40.3 Å². The van der Waals surface area contributed by atoms with E-state index in [2.05, 4.69) is 113 Å². The topological polar surface area (TPSA) is 0 Å². The smallest absolute Gasteiger partial charge is 0.0233 e. The monoisotopic (exact) mass is 374 g/mol. The van der Waals surface area contributed by atoms with E-state index in [1.54, 1.807) is 0 Å². The predicted molar refractivity (Wildman–Crippen MR) is 120 cm³/mol. The third kappa shape index (κ3) is 4.14. The first-order valence-corrected chi connectivity index (χ1v) is 10.8. The molecule has 1 heteroatoms. The van der Waals surface area contributed by atoms with Crippen LogP contribution in [0.4, 0.5) is 0 Å². The molecule has 0 spiro atoms. The van der Waals surface area contributed by atoms with E-state index in [4.69, 9.17) is 0 Å². The molecule has 140 valence electrons. The summed E-state index contributed by atoms with van der Waals surface area (Å²) < 4.78 is 0. The Morgan fingerprint density at radius 3 is 1.67 bits per heavy atom. The van der Waals surface area contributed by atoms with Gasteiger partial charge >= 0.3 is 0 Å². The van der Waals surface area contributed by atoms with Crippen LogP contribution in [0.1, 0.15) is 43.0 Å². The normalized spacial score (nSPS) is 12.1. The van der Waals surface area contributed by atoms with E-state index in [-0.39, 0.29) is 10.8 Å². The summed E-state index contributed by atoms with van der Waals surface area (Å²) in [5.41, 5.74) is 5.66. The Labute approximate surface area is 169 Å². The predicted octanol–water partition coefficient (Wildman–Crippen LogP) is 7.26. The van der Waals surface area contributed by atoms with Gasteiger partial charge in [-0.1, -0.05) is 106 Å². The van der Waals surface area contributed by atoms with E-state index in [0.29, 0.717) is 0 Å². The Morgan fingerprint density at radius 2 is 1.15 bits per heavy atom. The average molecular weight is 375 g/mol. The number of hydrogen-bond acceptors (Lipinski definition) is 1. The van der Waals surface area contributed by atoms with Crippen molar-refractivity contribution in [1.29, 1.82) is 0 Å². The molecule has 0 fully saturated rings. The van der Waals surface area contributed by atoms with E-state index in [1.165, 1.54) is 22.3 Å². The highest BCUT2D eigenvalue weighted by Crippen LogP contribution is 2.48. The Kier molecular flexibility index (Phi) is 6.11. The summed E-state index contributed by atoms with van der Waals surface area (Å²) in [7, 11) is 0. The quantitative estimate of drug-likeness (QED) is 0.419. The maximum atomic E-state index is 2.41. The standard InChI is InChI=1S/C26H30S/c1-21-13-11-12-14-22(21)19-27-20-25(2,3)26(4,23-15-7-5-8-16-23)24-17-9-6-10-18-24/h5-18H,19-20H2,1-4H3. The van der Waals surface area contributed by atoms with E-state index in [9.17, 15) is 0 Å². The zero-order chi connectivity index (χ0) is 19.3. The SMILES string of the molecule is Cc1ccccc1CSCC(C)(C)C(C)(c1ccccc1)c1ccccc1. The summed E-state index contributed by atoms with van der Waals surface area (Å²) in [6, 6.07) is 30.7. The summed E-state index contributed by atoms with van der Waals surface area (Å²) in [6.07, 6.45) is 0. The Bertz CT molecular complexity index is 810.